The Bertz CT molecular complexity index is 383. The fourth-order valence-corrected chi connectivity index (χ4v) is 2.20. The van der Waals surface area contributed by atoms with Crippen molar-refractivity contribution in [3.63, 3.8) is 0 Å². The fraction of sp³-hybridized carbons (Fsp3) is 0.538. The first-order valence-corrected chi connectivity index (χ1v) is 6.20. The predicted molar refractivity (Wildman–Crippen MR) is 68.1 cm³/mol. The molecule has 2 heterocycles. The van der Waals surface area contributed by atoms with Gasteiger partial charge in [0.05, 0.1) is 25.8 Å². The second kappa shape index (κ2) is 6.47. The van der Waals surface area contributed by atoms with Crippen LogP contribution in [0.3, 0.4) is 0 Å². The largest absolute Gasteiger partial charge is 0.379 e. The predicted octanol–water partition coefficient (Wildman–Crippen LogP) is -0.0253. The third-order valence-corrected chi connectivity index (χ3v) is 3.13. The number of nitrogens with one attached hydrogen (secondary N) is 2. The van der Waals surface area contributed by atoms with Crippen molar-refractivity contribution in [3.05, 3.63) is 30.1 Å². The molecule has 0 aliphatic carbocycles. The van der Waals surface area contributed by atoms with E-state index in [0.29, 0.717) is 25.7 Å². The van der Waals surface area contributed by atoms with Crippen LogP contribution in [0.15, 0.2) is 24.5 Å². The lowest BCUT2D eigenvalue weighted by Crippen LogP contribution is -2.43. The van der Waals surface area contributed by atoms with E-state index in [0.717, 1.165) is 6.42 Å². The first-order chi connectivity index (χ1) is 8.79. The van der Waals surface area contributed by atoms with Crippen LogP contribution < -0.4 is 10.6 Å². The number of amides is 1. The molecule has 0 radical (unpaired) electrons. The second-order valence-corrected chi connectivity index (χ2v) is 4.56. The third kappa shape index (κ3) is 3.51. The molecule has 2 N–H and O–H groups in total. The third-order valence-electron chi connectivity index (χ3n) is 3.13. The number of pyridine rings is 1. The maximum Gasteiger partial charge on any atom is 0.234 e. The highest BCUT2D eigenvalue weighted by atomic mass is 16.5. The van der Waals surface area contributed by atoms with Gasteiger partial charge in [0.25, 0.3) is 0 Å². The van der Waals surface area contributed by atoms with Gasteiger partial charge in [-0.05, 0) is 31.2 Å². The van der Waals surface area contributed by atoms with Crippen LogP contribution in [-0.4, -0.2) is 43.7 Å². The van der Waals surface area contributed by atoms with Gasteiger partial charge in [0.15, 0.2) is 0 Å². The number of hydrogen-bond acceptors (Lipinski definition) is 4. The summed E-state index contributed by atoms with van der Waals surface area (Å²) in [6, 6.07) is 4.12. The summed E-state index contributed by atoms with van der Waals surface area (Å²) in [5.41, 5.74) is 1.23. The topological polar surface area (TPSA) is 63.2 Å². The minimum atomic E-state index is 0.0210. The van der Waals surface area contributed by atoms with Crippen molar-refractivity contribution in [1.82, 2.24) is 15.6 Å². The molecule has 0 unspecified atom stereocenters. The van der Waals surface area contributed by atoms with E-state index in [-0.39, 0.29) is 11.9 Å². The van der Waals surface area contributed by atoms with E-state index < -0.39 is 0 Å². The molecule has 0 spiro atoms. The number of nitrogens with zero attached hydrogens (tertiary/aromatic N) is 1. The minimum absolute atomic E-state index is 0.0210. The van der Waals surface area contributed by atoms with E-state index >= 15 is 0 Å². The van der Waals surface area contributed by atoms with E-state index in [2.05, 4.69) is 15.6 Å². The molecular weight excluding hydrogens is 230 g/mol. The van der Waals surface area contributed by atoms with Gasteiger partial charge < -0.3 is 15.4 Å². The molecule has 1 fully saturated rings. The lowest BCUT2D eigenvalue weighted by Gasteiger charge is -2.19. The number of ether oxygens (including phenoxy) is 1. The fourth-order valence-electron chi connectivity index (χ4n) is 2.20. The summed E-state index contributed by atoms with van der Waals surface area (Å²) >= 11 is 0. The van der Waals surface area contributed by atoms with Crippen molar-refractivity contribution in [2.45, 2.75) is 12.5 Å². The summed E-state index contributed by atoms with van der Waals surface area (Å²) in [5, 5.41) is 5.85. The molecule has 2 atom stereocenters. The van der Waals surface area contributed by atoms with Gasteiger partial charge in [-0.3, -0.25) is 9.78 Å². The van der Waals surface area contributed by atoms with Gasteiger partial charge in [0, 0.05) is 18.3 Å². The lowest BCUT2D eigenvalue weighted by molar-refractivity contribution is -0.121. The van der Waals surface area contributed by atoms with Crippen LogP contribution in [0.1, 0.15) is 5.56 Å². The van der Waals surface area contributed by atoms with Crippen molar-refractivity contribution in [2.75, 3.05) is 26.8 Å². The monoisotopic (exact) mass is 249 g/mol. The quantitative estimate of drug-likeness (QED) is 0.769. The van der Waals surface area contributed by atoms with Gasteiger partial charge in [0.1, 0.15) is 0 Å². The van der Waals surface area contributed by atoms with Crippen LogP contribution in [0.2, 0.25) is 0 Å². The molecule has 5 nitrogen and oxygen atoms in total. The average molecular weight is 249 g/mol. The number of carbonyl (C=O) groups excluding carboxylic acids is 1. The molecule has 2 rings (SSSR count). The molecule has 1 aromatic rings. The maximum absolute atomic E-state index is 11.6. The first-order valence-electron chi connectivity index (χ1n) is 6.20. The molecule has 1 aliphatic heterocycles. The summed E-state index contributed by atoms with van der Waals surface area (Å²) in [6.45, 7) is 1.65. The zero-order chi connectivity index (χ0) is 12.8. The Kier molecular flexibility index (Phi) is 4.66. The Hall–Kier alpha value is -1.46. The van der Waals surface area contributed by atoms with E-state index in [1.165, 1.54) is 5.56 Å². The highest BCUT2D eigenvalue weighted by molar-refractivity contribution is 5.78. The summed E-state index contributed by atoms with van der Waals surface area (Å²) in [7, 11) is 1.76. The van der Waals surface area contributed by atoms with Gasteiger partial charge >= 0.3 is 0 Å². The van der Waals surface area contributed by atoms with Crippen LogP contribution in [0.5, 0.6) is 0 Å². The Morgan fingerprint density at radius 3 is 2.94 bits per heavy atom. The Morgan fingerprint density at radius 2 is 2.22 bits per heavy atom. The van der Waals surface area contributed by atoms with Crippen LogP contribution in [0.4, 0.5) is 0 Å². The molecule has 0 aromatic carbocycles. The molecule has 98 valence electrons. The molecule has 0 saturated carbocycles. The van der Waals surface area contributed by atoms with E-state index in [1.54, 1.807) is 19.4 Å². The Morgan fingerprint density at radius 1 is 1.44 bits per heavy atom. The number of hydrogen-bond donors (Lipinski definition) is 2. The van der Waals surface area contributed by atoms with Gasteiger partial charge in [-0.25, -0.2) is 0 Å². The molecule has 1 aliphatic rings. The zero-order valence-electron chi connectivity index (χ0n) is 10.6. The number of rotatable bonds is 5. The van der Waals surface area contributed by atoms with Gasteiger partial charge in [-0.1, -0.05) is 0 Å². The van der Waals surface area contributed by atoms with E-state index in [4.69, 9.17) is 4.74 Å². The second-order valence-electron chi connectivity index (χ2n) is 4.56. The molecule has 5 heteroatoms. The van der Waals surface area contributed by atoms with Gasteiger partial charge in [-0.15, -0.1) is 0 Å². The number of aromatic nitrogens is 1. The minimum Gasteiger partial charge on any atom is -0.379 e. The van der Waals surface area contributed by atoms with Crippen molar-refractivity contribution in [2.24, 2.45) is 5.92 Å². The molecule has 18 heavy (non-hydrogen) atoms. The molecular formula is C13H19N3O2. The lowest BCUT2D eigenvalue weighted by atomic mass is 9.95. The van der Waals surface area contributed by atoms with Crippen molar-refractivity contribution in [1.29, 1.82) is 0 Å². The SMILES string of the molecule is CNCC(=O)N[C@H]1COC[C@H]1Cc1ccncc1. The van der Waals surface area contributed by atoms with Crippen molar-refractivity contribution in [3.8, 4) is 0 Å². The number of likely N-dealkylation sites (N-methyl/N-ethyl adjacent to an activating group) is 1. The molecule has 1 aromatic heterocycles. The Balaban J connectivity index is 1.89. The summed E-state index contributed by atoms with van der Waals surface area (Å²) < 4.78 is 5.47. The first kappa shape index (κ1) is 13.0. The highest BCUT2D eigenvalue weighted by Crippen LogP contribution is 2.18. The van der Waals surface area contributed by atoms with Crippen LogP contribution in [0, 0.1) is 5.92 Å². The summed E-state index contributed by atoms with van der Waals surface area (Å²) in [5.74, 6) is 0.362. The van der Waals surface area contributed by atoms with Crippen LogP contribution >= 0.6 is 0 Å². The highest BCUT2D eigenvalue weighted by Gasteiger charge is 2.29. The molecule has 1 amide bonds. The van der Waals surface area contributed by atoms with Gasteiger partial charge in [-0.2, -0.15) is 0 Å². The average Bonchev–Trinajstić information content (AvgIpc) is 2.78. The smallest absolute Gasteiger partial charge is 0.234 e. The summed E-state index contributed by atoms with van der Waals surface area (Å²) in [6.07, 6.45) is 4.49. The van der Waals surface area contributed by atoms with Crippen molar-refractivity contribution >= 4 is 5.91 Å². The summed E-state index contributed by atoms with van der Waals surface area (Å²) in [4.78, 5) is 15.6. The normalized spacial score (nSPS) is 22.9. The molecule has 0 bridgehead atoms. The number of carbonyl (C=O) groups is 1. The zero-order valence-corrected chi connectivity index (χ0v) is 10.6. The maximum atomic E-state index is 11.6. The van der Waals surface area contributed by atoms with E-state index in [1.807, 2.05) is 12.1 Å². The molecule has 1 saturated heterocycles. The van der Waals surface area contributed by atoms with E-state index in [9.17, 15) is 4.79 Å². The Labute approximate surface area is 107 Å². The van der Waals surface area contributed by atoms with Crippen LogP contribution in [0.25, 0.3) is 0 Å². The van der Waals surface area contributed by atoms with Crippen LogP contribution in [-0.2, 0) is 16.0 Å². The van der Waals surface area contributed by atoms with Crippen molar-refractivity contribution < 1.29 is 9.53 Å². The standard InChI is InChI=1S/C13H19N3O2/c1-14-7-13(17)16-12-9-18-8-11(12)6-10-2-4-15-5-3-10/h2-5,11-12,14H,6-9H2,1H3,(H,16,17)/t11-,12+/m1/s1. The van der Waals surface area contributed by atoms with Gasteiger partial charge in [0.2, 0.25) is 5.91 Å².